The van der Waals surface area contributed by atoms with E-state index in [-0.39, 0.29) is 42.1 Å². The summed E-state index contributed by atoms with van der Waals surface area (Å²) in [7, 11) is 3.16. The molecule has 0 amide bonds. The number of aryl methyl sites for hydroxylation is 1. The number of hydrogen-bond donors (Lipinski definition) is 0. The van der Waals surface area contributed by atoms with Crippen LogP contribution in [0.2, 0.25) is 13.1 Å². The van der Waals surface area contributed by atoms with E-state index in [0.717, 1.165) is 5.75 Å². The third kappa shape index (κ3) is 6.04. The topological polar surface area (TPSA) is 28.3 Å². The molecule has 0 atom stereocenters. The average Bonchev–Trinajstić information content (AvgIpc) is 3.09. The van der Waals surface area contributed by atoms with E-state index in [1.165, 1.54) is 32.6 Å². The SMILES string of the molecule is COc1ccc2c(c1)c1c3ccccc3[cH-]c1n2C.C[SiH](C)[N-]C(C)(C)C.[CH3-].[CH3-].[Ti+4]. The number of ether oxygens (including phenoxy) is 1. The molecule has 1 heterocycles. The van der Waals surface area contributed by atoms with Crippen molar-refractivity contribution in [3.63, 3.8) is 0 Å². The summed E-state index contributed by atoms with van der Waals surface area (Å²) in [5, 5.41) is 5.20. The monoisotopic (exact) mass is 456 g/mol. The predicted molar refractivity (Wildman–Crippen MR) is 135 cm³/mol. The summed E-state index contributed by atoms with van der Waals surface area (Å²) in [5.41, 5.74) is 2.74. The van der Waals surface area contributed by atoms with Gasteiger partial charge in [0.05, 0.1) is 7.11 Å². The number of methoxy groups -OCH3 is 1. The summed E-state index contributed by atoms with van der Waals surface area (Å²) in [6.45, 7) is 10.9. The summed E-state index contributed by atoms with van der Waals surface area (Å²) in [6, 6.07) is 17.1. The van der Waals surface area contributed by atoms with Gasteiger partial charge in [-0.2, -0.15) is 0 Å². The molecule has 4 aromatic rings. The first-order chi connectivity index (χ1) is 12.7. The molecule has 1 aromatic heterocycles. The molecule has 4 rings (SSSR count). The molecule has 0 aliphatic rings. The Morgan fingerprint density at radius 1 is 1.00 bits per heavy atom. The van der Waals surface area contributed by atoms with Gasteiger partial charge in [-0.1, -0.05) is 54.3 Å². The summed E-state index contributed by atoms with van der Waals surface area (Å²) in [6.07, 6.45) is 0. The number of nitrogens with zero attached hydrogens (tertiary/aromatic N) is 2. The van der Waals surface area contributed by atoms with Crippen molar-refractivity contribution < 1.29 is 26.5 Å². The number of benzene rings is 2. The zero-order valence-corrected chi connectivity index (χ0v) is 22.7. The van der Waals surface area contributed by atoms with E-state index in [2.05, 4.69) is 92.9 Å². The first kappa shape index (κ1) is 28.5. The first-order valence-electron chi connectivity index (χ1n) is 9.54. The third-order valence-corrected chi connectivity index (χ3v) is 5.91. The molecule has 0 aliphatic carbocycles. The van der Waals surface area contributed by atoms with Gasteiger partial charge in [0.2, 0.25) is 0 Å². The van der Waals surface area contributed by atoms with Gasteiger partial charge in [0.25, 0.3) is 0 Å². The molecule has 3 aromatic carbocycles. The Morgan fingerprint density at radius 3 is 2.17 bits per heavy atom. The van der Waals surface area contributed by atoms with E-state index in [1.807, 2.05) is 6.07 Å². The zero-order valence-electron chi connectivity index (χ0n) is 20.0. The summed E-state index contributed by atoms with van der Waals surface area (Å²) >= 11 is 0. The second-order valence-corrected chi connectivity index (χ2v) is 10.8. The van der Waals surface area contributed by atoms with E-state index in [1.54, 1.807) is 7.11 Å². The van der Waals surface area contributed by atoms with Crippen LogP contribution in [0.15, 0.2) is 48.5 Å². The van der Waals surface area contributed by atoms with Crippen LogP contribution in [0.3, 0.4) is 0 Å². The third-order valence-electron chi connectivity index (χ3n) is 4.62. The molecule has 30 heavy (non-hydrogen) atoms. The van der Waals surface area contributed by atoms with Gasteiger partial charge in [-0.15, -0.1) is 40.6 Å². The summed E-state index contributed by atoms with van der Waals surface area (Å²) in [4.78, 5) is 4.55. The number of rotatable bonds is 2. The van der Waals surface area contributed by atoms with Gasteiger partial charge in [-0.3, -0.25) is 0 Å². The second-order valence-electron chi connectivity index (χ2n) is 8.33. The molecule has 0 saturated carbocycles. The van der Waals surface area contributed by atoms with Gasteiger partial charge in [-0.05, 0) is 29.1 Å². The van der Waals surface area contributed by atoms with Crippen LogP contribution in [0.1, 0.15) is 20.8 Å². The van der Waals surface area contributed by atoms with Crippen LogP contribution < -0.4 is 4.74 Å². The van der Waals surface area contributed by atoms with Crippen molar-refractivity contribution >= 4 is 41.5 Å². The van der Waals surface area contributed by atoms with E-state index in [9.17, 15) is 0 Å². The van der Waals surface area contributed by atoms with Gasteiger partial charge < -0.3 is 29.1 Å². The molecule has 0 fully saturated rings. The Bertz CT molecular complexity index is 1070. The van der Waals surface area contributed by atoms with Crippen molar-refractivity contribution in [3.8, 4) is 5.75 Å². The number of aromatic nitrogens is 1. The minimum Gasteiger partial charge on any atom is -0.663 e. The maximum Gasteiger partial charge on any atom is 4.00 e. The number of fused-ring (bicyclic) bond motifs is 5. The molecule has 3 nitrogen and oxygen atoms in total. The minimum atomic E-state index is -0.671. The van der Waals surface area contributed by atoms with Crippen LogP contribution in [-0.2, 0) is 28.8 Å². The molecule has 0 unspecified atom stereocenters. The van der Waals surface area contributed by atoms with Gasteiger partial charge >= 0.3 is 21.7 Å². The van der Waals surface area contributed by atoms with Crippen molar-refractivity contribution in [2.24, 2.45) is 7.05 Å². The summed E-state index contributed by atoms with van der Waals surface area (Å²) < 4.78 is 7.61. The van der Waals surface area contributed by atoms with Gasteiger partial charge in [-0.25, -0.2) is 0 Å². The average molecular weight is 457 g/mol. The molecule has 160 valence electrons. The molecule has 0 N–H and O–H groups in total. The summed E-state index contributed by atoms with van der Waals surface area (Å²) in [5.74, 6) is 0.908. The normalized spacial score (nSPS) is 10.8. The van der Waals surface area contributed by atoms with Crippen molar-refractivity contribution in [2.75, 3.05) is 7.11 Å². The fourth-order valence-electron chi connectivity index (χ4n) is 3.79. The first-order valence-corrected chi connectivity index (χ1v) is 12.4. The molecule has 0 radical (unpaired) electrons. The van der Waals surface area contributed by atoms with Gasteiger partial charge in [0, 0.05) is 12.6 Å². The molecule has 5 heteroatoms. The molecule has 0 bridgehead atoms. The van der Waals surface area contributed by atoms with Crippen molar-refractivity contribution in [3.05, 3.63) is 68.4 Å². The Labute approximate surface area is 199 Å². The van der Waals surface area contributed by atoms with Crippen molar-refractivity contribution in [1.29, 1.82) is 0 Å². The molecule has 0 aliphatic heterocycles. The van der Waals surface area contributed by atoms with Crippen molar-refractivity contribution in [2.45, 2.75) is 39.4 Å². The molecule has 0 spiro atoms. The van der Waals surface area contributed by atoms with Gasteiger partial charge in [0.15, 0.2) is 0 Å². The minimum absolute atomic E-state index is 0. The second kappa shape index (κ2) is 11.2. The molecular weight excluding hydrogens is 420 g/mol. The zero-order chi connectivity index (χ0) is 19.8. The van der Waals surface area contributed by atoms with Crippen LogP contribution in [0.25, 0.3) is 37.6 Å². The fourth-order valence-corrected chi connectivity index (χ4v) is 5.34. The van der Waals surface area contributed by atoms with Crippen LogP contribution >= 0.6 is 0 Å². The Hall–Kier alpha value is -1.46. The number of hydrogen-bond acceptors (Lipinski definition) is 1. The van der Waals surface area contributed by atoms with Crippen LogP contribution in [-0.4, -0.2) is 26.2 Å². The van der Waals surface area contributed by atoms with Crippen molar-refractivity contribution in [1.82, 2.24) is 4.57 Å². The van der Waals surface area contributed by atoms with Crippen LogP contribution in [0.5, 0.6) is 5.75 Å². The largest absolute Gasteiger partial charge is 4.00 e. The quantitative estimate of drug-likeness (QED) is 0.231. The van der Waals surface area contributed by atoms with Crippen LogP contribution in [0.4, 0.5) is 0 Å². The maximum atomic E-state index is 5.36. The maximum absolute atomic E-state index is 5.36. The van der Waals surface area contributed by atoms with E-state index < -0.39 is 8.96 Å². The van der Waals surface area contributed by atoms with E-state index in [0.29, 0.717) is 0 Å². The smallest absolute Gasteiger partial charge is 0.663 e. The Balaban J connectivity index is 0.000000672. The van der Waals surface area contributed by atoms with E-state index in [4.69, 9.17) is 4.74 Å². The van der Waals surface area contributed by atoms with Crippen LogP contribution in [0, 0.1) is 14.9 Å². The Kier molecular flexibility index (Phi) is 10.7. The van der Waals surface area contributed by atoms with Gasteiger partial charge in [0.1, 0.15) is 5.75 Å². The molecular formula is C25H36N2OSiTi. The molecule has 0 saturated heterocycles. The fraction of sp³-hybridized carbons (Fsp3) is 0.320. The predicted octanol–water partition coefficient (Wildman–Crippen LogP) is 7.25. The Morgan fingerprint density at radius 2 is 1.63 bits per heavy atom. The standard InChI is InChI=1S/C17H14NO.C6H16NSi.2CH3.Ti/c1-18-15-8-7-12(19-2)10-14(15)17-13-6-4-3-5-11(13)9-16(17)18;1-6(2,3)7-8(4)5;;;/h3-10H,1-2H3;8H,1-5H3;2*1H3;/q4*-1;+4. The van der Waals surface area contributed by atoms with E-state index >= 15 is 0 Å².